The normalized spacial score (nSPS) is 20.3. The molecule has 7 nitrogen and oxygen atoms in total. The number of benzene rings is 2. The van der Waals surface area contributed by atoms with E-state index in [4.69, 9.17) is 9.84 Å². The molecule has 0 radical (unpaired) electrons. The van der Waals surface area contributed by atoms with Crippen molar-refractivity contribution in [2.24, 2.45) is 5.92 Å². The third kappa shape index (κ3) is 5.18. The van der Waals surface area contributed by atoms with Crippen molar-refractivity contribution in [1.29, 1.82) is 0 Å². The van der Waals surface area contributed by atoms with Gasteiger partial charge in [0.1, 0.15) is 6.61 Å². The summed E-state index contributed by atoms with van der Waals surface area (Å²) in [5.74, 6) is -1.59. The highest BCUT2D eigenvalue weighted by atomic mass is 16.5. The lowest BCUT2D eigenvalue weighted by Gasteiger charge is -2.31. The third-order valence-electron chi connectivity index (χ3n) is 6.62. The molecule has 0 bridgehead atoms. The third-order valence-corrected chi connectivity index (χ3v) is 6.62. The number of aliphatic carboxylic acids is 1. The van der Waals surface area contributed by atoms with Gasteiger partial charge in [-0.3, -0.25) is 9.59 Å². The topological polar surface area (TPSA) is 105 Å². The van der Waals surface area contributed by atoms with E-state index in [0.29, 0.717) is 12.8 Å². The summed E-state index contributed by atoms with van der Waals surface area (Å²) in [4.78, 5) is 36.3. The molecule has 2 amide bonds. The van der Waals surface area contributed by atoms with Crippen LogP contribution in [0.25, 0.3) is 11.1 Å². The van der Waals surface area contributed by atoms with Crippen molar-refractivity contribution in [3.8, 4) is 11.1 Å². The second-order valence-electron chi connectivity index (χ2n) is 8.97. The van der Waals surface area contributed by atoms with Crippen LogP contribution in [0.1, 0.15) is 56.1 Å². The highest BCUT2D eigenvalue weighted by Gasteiger charge is 2.34. The average Bonchev–Trinajstić information content (AvgIpc) is 3.11. The van der Waals surface area contributed by atoms with Crippen molar-refractivity contribution >= 4 is 18.0 Å². The first-order valence-corrected chi connectivity index (χ1v) is 11.6. The van der Waals surface area contributed by atoms with Crippen LogP contribution in [0.15, 0.2) is 48.5 Å². The molecule has 0 unspecified atom stereocenters. The van der Waals surface area contributed by atoms with Crippen LogP contribution < -0.4 is 10.6 Å². The Morgan fingerprint density at radius 3 is 2.24 bits per heavy atom. The van der Waals surface area contributed by atoms with Crippen molar-refractivity contribution in [3.05, 3.63) is 59.7 Å². The fourth-order valence-electron chi connectivity index (χ4n) is 5.07. The summed E-state index contributed by atoms with van der Waals surface area (Å²) < 4.78 is 5.64. The number of fused-ring (bicyclic) bond motifs is 3. The minimum absolute atomic E-state index is 0.0227. The molecule has 1 fully saturated rings. The zero-order chi connectivity index (χ0) is 23.4. The van der Waals surface area contributed by atoms with Crippen LogP contribution in [0.5, 0.6) is 0 Å². The van der Waals surface area contributed by atoms with Gasteiger partial charge in [0.15, 0.2) is 0 Å². The van der Waals surface area contributed by atoms with E-state index in [1.807, 2.05) is 24.3 Å². The predicted octanol–water partition coefficient (Wildman–Crippen LogP) is 4.06. The van der Waals surface area contributed by atoms with Crippen LogP contribution in [0.2, 0.25) is 0 Å². The molecule has 2 aliphatic carbocycles. The van der Waals surface area contributed by atoms with Crippen LogP contribution >= 0.6 is 0 Å². The van der Waals surface area contributed by atoms with Gasteiger partial charge in [-0.05, 0) is 42.0 Å². The first-order chi connectivity index (χ1) is 15.9. The lowest BCUT2D eigenvalue weighted by Crippen LogP contribution is -2.50. The van der Waals surface area contributed by atoms with Crippen molar-refractivity contribution in [2.45, 2.75) is 57.0 Å². The van der Waals surface area contributed by atoms with Crippen molar-refractivity contribution in [1.82, 2.24) is 10.6 Å². The van der Waals surface area contributed by atoms with Gasteiger partial charge >= 0.3 is 12.1 Å². The Morgan fingerprint density at radius 2 is 1.61 bits per heavy atom. The summed E-state index contributed by atoms with van der Waals surface area (Å²) in [7, 11) is 0. The number of ether oxygens (including phenoxy) is 1. The minimum Gasteiger partial charge on any atom is -0.481 e. The SMILES string of the molecule is C[C@@H](CC(=O)O)NC(=O)[C@H]1CCCC[C@H]1NC(=O)OCC1c2ccccc2-c2ccccc21. The zero-order valence-electron chi connectivity index (χ0n) is 18.8. The Hall–Kier alpha value is -3.35. The van der Waals surface area contributed by atoms with Crippen LogP contribution in [-0.2, 0) is 14.3 Å². The maximum Gasteiger partial charge on any atom is 0.407 e. The smallest absolute Gasteiger partial charge is 0.407 e. The Morgan fingerprint density at radius 1 is 1.00 bits per heavy atom. The molecular weight excluding hydrogens is 420 g/mol. The molecule has 0 aliphatic heterocycles. The number of rotatable bonds is 7. The largest absolute Gasteiger partial charge is 0.481 e. The van der Waals surface area contributed by atoms with Crippen LogP contribution in [-0.4, -0.2) is 41.8 Å². The maximum absolute atomic E-state index is 12.7. The van der Waals surface area contributed by atoms with Crippen LogP contribution in [0.3, 0.4) is 0 Å². The maximum atomic E-state index is 12.7. The monoisotopic (exact) mass is 450 g/mol. The van der Waals surface area contributed by atoms with Gasteiger partial charge in [0.2, 0.25) is 5.91 Å². The van der Waals surface area contributed by atoms with E-state index in [-0.39, 0.29) is 30.9 Å². The van der Waals surface area contributed by atoms with Gasteiger partial charge in [-0.1, -0.05) is 61.4 Å². The standard InChI is InChI=1S/C26H30N2O5/c1-16(14-24(29)30)27-25(31)21-12-6-7-13-23(21)28-26(32)33-15-22-19-10-4-2-8-17(19)18-9-3-5-11-20(18)22/h2-5,8-11,16,21-23H,6-7,12-15H2,1H3,(H,27,31)(H,28,32)(H,29,30)/t16-,21-,23+/m0/s1. The number of carboxylic acids is 1. The van der Waals surface area contributed by atoms with Gasteiger partial charge in [-0.15, -0.1) is 0 Å². The molecule has 0 saturated heterocycles. The molecule has 33 heavy (non-hydrogen) atoms. The summed E-state index contributed by atoms with van der Waals surface area (Å²) in [6, 6.07) is 15.5. The van der Waals surface area contributed by atoms with E-state index in [2.05, 4.69) is 34.9 Å². The molecule has 4 rings (SSSR count). The molecule has 0 spiro atoms. The second kappa shape index (κ2) is 10.1. The van der Waals surface area contributed by atoms with Crippen LogP contribution in [0.4, 0.5) is 4.79 Å². The van der Waals surface area contributed by atoms with E-state index in [0.717, 1.165) is 24.0 Å². The molecule has 3 N–H and O–H groups in total. The fourth-order valence-corrected chi connectivity index (χ4v) is 5.07. The van der Waals surface area contributed by atoms with E-state index in [1.165, 1.54) is 11.1 Å². The van der Waals surface area contributed by atoms with Gasteiger partial charge < -0.3 is 20.5 Å². The molecule has 2 aromatic rings. The molecule has 0 heterocycles. The quantitative estimate of drug-likeness (QED) is 0.590. The van der Waals surface area contributed by atoms with E-state index in [1.54, 1.807) is 6.92 Å². The number of carbonyl (C=O) groups is 3. The van der Waals surface area contributed by atoms with E-state index < -0.39 is 24.0 Å². The first-order valence-electron chi connectivity index (χ1n) is 11.6. The Kier molecular flexibility index (Phi) is 6.96. The van der Waals surface area contributed by atoms with Gasteiger partial charge in [-0.2, -0.15) is 0 Å². The second-order valence-corrected chi connectivity index (χ2v) is 8.97. The number of amides is 2. The van der Waals surface area contributed by atoms with Gasteiger partial charge in [0, 0.05) is 18.0 Å². The van der Waals surface area contributed by atoms with Crippen LogP contribution in [0, 0.1) is 5.92 Å². The zero-order valence-corrected chi connectivity index (χ0v) is 18.8. The summed E-state index contributed by atoms with van der Waals surface area (Å²) in [5, 5.41) is 14.6. The molecule has 7 heteroatoms. The summed E-state index contributed by atoms with van der Waals surface area (Å²) in [6.07, 6.45) is 2.50. The molecule has 2 aliphatic rings. The van der Waals surface area contributed by atoms with Crippen molar-refractivity contribution in [2.75, 3.05) is 6.61 Å². The van der Waals surface area contributed by atoms with Crippen molar-refractivity contribution < 1.29 is 24.2 Å². The molecule has 0 aromatic heterocycles. The van der Waals surface area contributed by atoms with E-state index >= 15 is 0 Å². The van der Waals surface area contributed by atoms with Gasteiger partial charge in [-0.25, -0.2) is 4.79 Å². The highest BCUT2D eigenvalue weighted by molar-refractivity contribution is 5.82. The van der Waals surface area contributed by atoms with Gasteiger partial charge in [0.25, 0.3) is 0 Å². The first kappa shape index (κ1) is 22.8. The number of hydrogen-bond donors (Lipinski definition) is 3. The number of carboxylic acid groups (broad SMARTS) is 1. The lowest BCUT2D eigenvalue weighted by atomic mass is 9.83. The van der Waals surface area contributed by atoms with Gasteiger partial charge in [0.05, 0.1) is 12.3 Å². The number of nitrogens with one attached hydrogen (secondary N) is 2. The fraction of sp³-hybridized carbons (Fsp3) is 0.423. The summed E-state index contributed by atoms with van der Waals surface area (Å²) in [5.41, 5.74) is 4.63. The lowest BCUT2D eigenvalue weighted by molar-refractivity contribution is -0.137. The minimum atomic E-state index is -0.959. The summed E-state index contributed by atoms with van der Waals surface area (Å²) >= 11 is 0. The van der Waals surface area contributed by atoms with E-state index in [9.17, 15) is 14.4 Å². The Bertz CT molecular complexity index is 991. The van der Waals surface area contributed by atoms with Crippen molar-refractivity contribution in [3.63, 3.8) is 0 Å². The number of hydrogen-bond acceptors (Lipinski definition) is 4. The Labute approximate surface area is 193 Å². The molecular formula is C26H30N2O5. The Balaban J connectivity index is 1.37. The highest BCUT2D eigenvalue weighted by Crippen LogP contribution is 2.44. The molecule has 2 aromatic carbocycles. The predicted molar refractivity (Wildman–Crippen MR) is 124 cm³/mol. The number of alkyl carbamates (subject to hydrolysis) is 1. The average molecular weight is 451 g/mol. The molecule has 3 atom stereocenters. The summed E-state index contributed by atoms with van der Waals surface area (Å²) in [6.45, 7) is 1.89. The number of carbonyl (C=O) groups excluding carboxylic acids is 2. The molecule has 174 valence electrons. The molecule has 1 saturated carbocycles.